The molecule has 0 saturated carbocycles. The molecule has 0 aromatic carbocycles. The van der Waals surface area contributed by atoms with Crippen molar-refractivity contribution in [2.24, 2.45) is 0 Å². The molecular formula is C21H43NO4. The number of carbonyl (C=O) groups excluding carboxylic acids is 1. The summed E-state index contributed by atoms with van der Waals surface area (Å²) in [5.41, 5.74) is 0. The first-order valence-electron chi connectivity index (χ1n) is 10.8. The van der Waals surface area contributed by atoms with E-state index in [9.17, 15) is 4.79 Å². The number of ether oxygens (including phenoxy) is 2. The molecular weight excluding hydrogens is 330 g/mol. The fraction of sp³-hybridized carbons (Fsp3) is 0.952. The molecule has 1 N–H and O–H groups in total. The van der Waals surface area contributed by atoms with E-state index >= 15 is 0 Å². The van der Waals surface area contributed by atoms with Gasteiger partial charge in [0.1, 0.15) is 6.10 Å². The Morgan fingerprint density at radius 2 is 1.50 bits per heavy atom. The van der Waals surface area contributed by atoms with Crippen molar-refractivity contribution in [2.75, 3.05) is 32.8 Å². The number of unbranched alkanes of at least 4 members (excludes halogenated alkanes) is 7. The summed E-state index contributed by atoms with van der Waals surface area (Å²) in [7, 11) is 0. The second-order valence-corrected chi connectivity index (χ2v) is 6.99. The molecule has 26 heavy (non-hydrogen) atoms. The lowest BCUT2D eigenvalue weighted by atomic mass is 10.0. The van der Waals surface area contributed by atoms with Gasteiger partial charge in [-0.15, -0.1) is 0 Å². The van der Waals surface area contributed by atoms with Gasteiger partial charge in [0.2, 0.25) is 0 Å². The maximum Gasteiger partial charge on any atom is 0.508 e. The molecule has 0 amide bonds. The van der Waals surface area contributed by atoms with Crippen LogP contribution in [0.5, 0.6) is 0 Å². The topological polar surface area (TPSA) is 59.0 Å². The summed E-state index contributed by atoms with van der Waals surface area (Å²) in [5.74, 6) is 0. The van der Waals surface area contributed by atoms with Crippen LogP contribution in [0, 0.1) is 0 Å². The molecule has 0 aromatic rings. The van der Waals surface area contributed by atoms with Gasteiger partial charge in [-0.1, -0.05) is 65.7 Å². The van der Waals surface area contributed by atoms with Crippen LogP contribution in [-0.4, -0.2) is 55.1 Å². The molecule has 0 aromatic heterocycles. The SMILES string of the molecule is CCCCCCCCCC[C@H](CCO)OC(=O)OCCCN(CC)CC. The van der Waals surface area contributed by atoms with E-state index in [1.807, 2.05) is 0 Å². The van der Waals surface area contributed by atoms with E-state index in [0.717, 1.165) is 45.3 Å². The maximum atomic E-state index is 11.8. The number of nitrogens with zero attached hydrogens (tertiary/aromatic N) is 1. The van der Waals surface area contributed by atoms with Crippen LogP contribution < -0.4 is 0 Å². The van der Waals surface area contributed by atoms with Gasteiger partial charge in [-0.2, -0.15) is 0 Å². The first kappa shape index (κ1) is 25.2. The monoisotopic (exact) mass is 373 g/mol. The summed E-state index contributed by atoms with van der Waals surface area (Å²) in [6.45, 7) is 9.87. The summed E-state index contributed by atoms with van der Waals surface area (Å²) in [4.78, 5) is 14.1. The van der Waals surface area contributed by atoms with Gasteiger partial charge in [-0.25, -0.2) is 4.79 Å². The summed E-state index contributed by atoms with van der Waals surface area (Å²) in [6, 6.07) is 0. The summed E-state index contributed by atoms with van der Waals surface area (Å²) in [6.07, 6.45) is 11.3. The van der Waals surface area contributed by atoms with Crippen LogP contribution >= 0.6 is 0 Å². The number of aliphatic hydroxyl groups excluding tert-OH is 1. The van der Waals surface area contributed by atoms with E-state index in [1.165, 1.54) is 38.5 Å². The average Bonchev–Trinajstić information content (AvgIpc) is 2.64. The van der Waals surface area contributed by atoms with Crippen molar-refractivity contribution in [1.82, 2.24) is 4.90 Å². The van der Waals surface area contributed by atoms with Crippen LogP contribution in [0.3, 0.4) is 0 Å². The van der Waals surface area contributed by atoms with E-state index in [2.05, 4.69) is 25.7 Å². The molecule has 0 spiro atoms. The molecule has 0 bridgehead atoms. The lowest BCUT2D eigenvalue weighted by molar-refractivity contribution is 0.0104. The minimum Gasteiger partial charge on any atom is -0.434 e. The van der Waals surface area contributed by atoms with E-state index < -0.39 is 6.16 Å². The van der Waals surface area contributed by atoms with Crippen LogP contribution in [0.25, 0.3) is 0 Å². The number of aliphatic hydroxyl groups is 1. The molecule has 0 aliphatic heterocycles. The molecule has 0 heterocycles. The van der Waals surface area contributed by atoms with Crippen LogP contribution in [0.15, 0.2) is 0 Å². The lowest BCUT2D eigenvalue weighted by Crippen LogP contribution is -2.26. The molecule has 0 aliphatic carbocycles. The predicted octanol–water partition coefficient (Wildman–Crippen LogP) is 5.15. The zero-order valence-electron chi connectivity index (χ0n) is 17.5. The van der Waals surface area contributed by atoms with Gasteiger partial charge in [0.25, 0.3) is 0 Å². The highest BCUT2D eigenvalue weighted by atomic mass is 16.7. The first-order valence-corrected chi connectivity index (χ1v) is 10.8. The molecule has 5 heteroatoms. The van der Waals surface area contributed by atoms with Crippen molar-refractivity contribution >= 4 is 6.16 Å². The average molecular weight is 374 g/mol. The Morgan fingerprint density at radius 3 is 2.08 bits per heavy atom. The van der Waals surface area contributed by atoms with Crippen LogP contribution in [0.4, 0.5) is 4.79 Å². The standard InChI is InChI=1S/C21H43NO4/c1-4-7-8-9-10-11-12-13-15-20(16-18-23)26-21(24)25-19-14-17-22(5-2)6-3/h20,23H,4-19H2,1-3H3/t20-/m1/s1. The molecule has 1 atom stereocenters. The molecule has 5 nitrogen and oxygen atoms in total. The quantitative estimate of drug-likeness (QED) is 0.266. The molecule has 0 saturated heterocycles. The summed E-state index contributed by atoms with van der Waals surface area (Å²) >= 11 is 0. The Morgan fingerprint density at radius 1 is 0.885 bits per heavy atom. The van der Waals surface area contributed by atoms with Gasteiger partial charge in [0, 0.05) is 19.6 Å². The number of hydrogen-bond acceptors (Lipinski definition) is 5. The molecule has 156 valence electrons. The summed E-state index contributed by atoms with van der Waals surface area (Å²) < 4.78 is 10.5. The predicted molar refractivity (Wildman–Crippen MR) is 108 cm³/mol. The Balaban J connectivity index is 3.77. The molecule has 0 aliphatic rings. The van der Waals surface area contributed by atoms with Gasteiger partial charge in [-0.3, -0.25) is 0 Å². The van der Waals surface area contributed by atoms with Gasteiger partial charge in [0.15, 0.2) is 0 Å². The van der Waals surface area contributed by atoms with Crippen molar-refractivity contribution in [2.45, 2.75) is 97.5 Å². The normalized spacial score (nSPS) is 12.3. The summed E-state index contributed by atoms with van der Waals surface area (Å²) in [5, 5.41) is 9.16. The zero-order chi connectivity index (χ0) is 19.5. The van der Waals surface area contributed by atoms with Gasteiger partial charge in [0.05, 0.1) is 6.61 Å². The molecule has 0 rings (SSSR count). The lowest BCUT2D eigenvalue weighted by Gasteiger charge is -2.18. The Kier molecular flexibility index (Phi) is 18.4. The van der Waals surface area contributed by atoms with Crippen molar-refractivity contribution in [3.05, 3.63) is 0 Å². The van der Waals surface area contributed by atoms with Crippen LogP contribution in [0.1, 0.15) is 91.4 Å². The third kappa shape index (κ3) is 15.4. The van der Waals surface area contributed by atoms with Gasteiger partial charge < -0.3 is 19.5 Å². The zero-order valence-corrected chi connectivity index (χ0v) is 17.5. The van der Waals surface area contributed by atoms with E-state index in [0.29, 0.717) is 13.0 Å². The first-order chi connectivity index (χ1) is 12.7. The van der Waals surface area contributed by atoms with E-state index in [1.54, 1.807) is 0 Å². The Labute approximate surface area is 161 Å². The fourth-order valence-electron chi connectivity index (χ4n) is 3.07. The minimum absolute atomic E-state index is 0.0386. The van der Waals surface area contributed by atoms with E-state index in [-0.39, 0.29) is 12.7 Å². The van der Waals surface area contributed by atoms with E-state index in [4.69, 9.17) is 14.6 Å². The van der Waals surface area contributed by atoms with Crippen molar-refractivity contribution < 1.29 is 19.4 Å². The highest BCUT2D eigenvalue weighted by Crippen LogP contribution is 2.14. The molecule has 0 radical (unpaired) electrons. The highest BCUT2D eigenvalue weighted by Gasteiger charge is 2.15. The van der Waals surface area contributed by atoms with Crippen LogP contribution in [-0.2, 0) is 9.47 Å². The highest BCUT2D eigenvalue weighted by molar-refractivity contribution is 5.60. The third-order valence-electron chi connectivity index (χ3n) is 4.83. The molecule has 0 unspecified atom stereocenters. The van der Waals surface area contributed by atoms with Crippen molar-refractivity contribution in [1.29, 1.82) is 0 Å². The number of hydrogen-bond donors (Lipinski definition) is 1. The number of carbonyl (C=O) groups is 1. The third-order valence-corrected chi connectivity index (χ3v) is 4.83. The van der Waals surface area contributed by atoms with Crippen molar-refractivity contribution in [3.8, 4) is 0 Å². The minimum atomic E-state index is -0.595. The Hall–Kier alpha value is -0.810. The smallest absolute Gasteiger partial charge is 0.434 e. The second-order valence-electron chi connectivity index (χ2n) is 6.99. The fourth-order valence-corrected chi connectivity index (χ4v) is 3.07. The Bertz CT molecular complexity index is 308. The maximum absolute atomic E-state index is 11.8. The largest absolute Gasteiger partial charge is 0.508 e. The second kappa shape index (κ2) is 19.0. The van der Waals surface area contributed by atoms with Crippen LogP contribution in [0.2, 0.25) is 0 Å². The molecule has 0 fully saturated rings. The van der Waals surface area contributed by atoms with Crippen molar-refractivity contribution in [3.63, 3.8) is 0 Å². The van der Waals surface area contributed by atoms with Gasteiger partial charge in [-0.05, 0) is 32.4 Å². The van der Waals surface area contributed by atoms with Gasteiger partial charge >= 0.3 is 6.16 Å². The number of rotatable bonds is 18.